The molecule has 106 valence electrons. The molecular formula is C15H18N2O2S. The fourth-order valence-electron chi connectivity index (χ4n) is 1.79. The minimum Gasteiger partial charge on any atom is -0.508 e. The van der Waals surface area contributed by atoms with Gasteiger partial charge in [-0.15, -0.1) is 11.3 Å². The minimum atomic E-state index is -0.195. The summed E-state index contributed by atoms with van der Waals surface area (Å²) in [5, 5.41) is 13.3. The van der Waals surface area contributed by atoms with Crippen molar-refractivity contribution in [1.29, 1.82) is 0 Å². The normalized spacial score (nSPS) is 10.8. The lowest BCUT2D eigenvalue weighted by Crippen LogP contribution is -2.22. The van der Waals surface area contributed by atoms with E-state index in [-0.39, 0.29) is 11.7 Å². The van der Waals surface area contributed by atoms with Gasteiger partial charge in [-0.05, 0) is 24.1 Å². The molecule has 0 atom stereocenters. The van der Waals surface area contributed by atoms with Crippen LogP contribution in [0, 0.1) is 5.92 Å². The first kappa shape index (κ1) is 14.5. The molecule has 0 aliphatic carbocycles. The molecule has 0 bridgehead atoms. The summed E-state index contributed by atoms with van der Waals surface area (Å²) in [5.74, 6) is 0.477. The Kier molecular flexibility index (Phi) is 4.74. The van der Waals surface area contributed by atoms with E-state index in [1.54, 1.807) is 23.5 Å². The van der Waals surface area contributed by atoms with Gasteiger partial charge in [-0.1, -0.05) is 19.9 Å². The number of nitrogens with one attached hydrogen (secondary N) is 1. The highest BCUT2D eigenvalue weighted by Crippen LogP contribution is 2.17. The fraction of sp³-hybridized carbons (Fsp3) is 0.333. The Morgan fingerprint density at radius 2 is 2.25 bits per heavy atom. The molecule has 1 amide bonds. The van der Waals surface area contributed by atoms with Crippen LogP contribution >= 0.6 is 11.3 Å². The van der Waals surface area contributed by atoms with Gasteiger partial charge in [0.2, 0.25) is 0 Å². The van der Waals surface area contributed by atoms with E-state index < -0.39 is 0 Å². The van der Waals surface area contributed by atoms with Crippen molar-refractivity contribution in [2.75, 3.05) is 0 Å². The van der Waals surface area contributed by atoms with E-state index in [0.29, 0.717) is 18.0 Å². The van der Waals surface area contributed by atoms with Crippen LogP contribution in [0.15, 0.2) is 30.5 Å². The van der Waals surface area contributed by atoms with Crippen molar-refractivity contribution in [3.8, 4) is 5.75 Å². The molecular weight excluding hydrogens is 272 g/mol. The van der Waals surface area contributed by atoms with Crippen molar-refractivity contribution in [3.63, 3.8) is 0 Å². The summed E-state index contributed by atoms with van der Waals surface area (Å²) >= 11 is 1.63. The van der Waals surface area contributed by atoms with Crippen LogP contribution in [-0.2, 0) is 13.0 Å². The highest BCUT2D eigenvalue weighted by atomic mass is 32.1. The zero-order chi connectivity index (χ0) is 14.5. The zero-order valence-electron chi connectivity index (χ0n) is 11.6. The molecule has 0 aliphatic rings. The number of phenolic OH excluding ortho intramolecular Hbond substituents is 1. The van der Waals surface area contributed by atoms with Gasteiger partial charge in [0.05, 0.1) is 11.6 Å². The molecule has 1 heterocycles. The van der Waals surface area contributed by atoms with Crippen molar-refractivity contribution in [1.82, 2.24) is 10.3 Å². The smallest absolute Gasteiger partial charge is 0.251 e. The maximum atomic E-state index is 11.9. The quantitative estimate of drug-likeness (QED) is 0.890. The van der Waals surface area contributed by atoms with E-state index in [9.17, 15) is 9.90 Å². The third-order valence-electron chi connectivity index (χ3n) is 2.72. The van der Waals surface area contributed by atoms with Crippen molar-refractivity contribution in [2.45, 2.75) is 26.8 Å². The Balaban J connectivity index is 1.92. The molecule has 0 saturated carbocycles. The van der Waals surface area contributed by atoms with Gasteiger partial charge in [-0.25, -0.2) is 4.98 Å². The van der Waals surface area contributed by atoms with Crippen molar-refractivity contribution < 1.29 is 9.90 Å². The molecule has 0 saturated heterocycles. The molecule has 4 nitrogen and oxygen atoms in total. The average molecular weight is 290 g/mol. The molecule has 20 heavy (non-hydrogen) atoms. The number of carbonyl (C=O) groups is 1. The lowest BCUT2D eigenvalue weighted by atomic mass is 10.1. The topological polar surface area (TPSA) is 62.2 Å². The Hall–Kier alpha value is -1.88. The second-order valence-electron chi connectivity index (χ2n) is 5.05. The number of hydrogen-bond acceptors (Lipinski definition) is 4. The number of amides is 1. The highest BCUT2D eigenvalue weighted by molar-refractivity contribution is 7.11. The fourth-order valence-corrected chi connectivity index (χ4v) is 2.86. The van der Waals surface area contributed by atoms with E-state index >= 15 is 0 Å². The Morgan fingerprint density at radius 1 is 1.45 bits per heavy atom. The SMILES string of the molecule is CC(C)Cc1ncc(CNC(=O)c2cccc(O)c2)s1. The first-order valence-corrected chi connectivity index (χ1v) is 7.37. The second kappa shape index (κ2) is 6.52. The molecule has 1 aromatic heterocycles. The average Bonchev–Trinajstić information content (AvgIpc) is 2.82. The molecule has 0 fully saturated rings. The van der Waals surface area contributed by atoms with Crippen molar-refractivity contribution in [3.05, 3.63) is 45.9 Å². The molecule has 0 unspecified atom stereocenters. The number of phenols is 1. The standard InChI is InChI=1S/C15H18N2O2S/c1-10(2)6-14-16-8-13(20-14)9-17-15(19)11-4-3-5-12(18)7-11/h3-5,7-8,10,18H,6,9H2,1-2H3,(H,17,19). The van der Waals surface area contributed by atoms with E-state index in [1.807, 2.05) is 6.20 Å². The lowest BCUT2D eigenvalue weighted by Gasteiger charge is -2.03. The monoisotopic (exact) mass is 290 g/mol. The van der Waals surface area contributed by atoms with E-state index in [0.717, 1.165) is 16.3 Å². The third-order valence-corrected chi connectivity index (χ3v) is 3.74. The number of hydrogen-bond donors (Lipinski definition) is 2. The van der Waals surface area contributed by atoms with Crippen LogP contribution in [0.4, 0.5) is 0 Å². The Labute approximate surface area is 122 Å². The summed E-state index contributed by atoms with van der Waals surface area (Å²) in [7, 11) is 0. The molecule has 5 heteroatoms. The number of carbonyl (C=O) groups excluding carboxylic acids is 1. The number of aromatic nitrogens is 1. The number of rotatable bonds is 5. The molecule has 0 spiro atoms. The van der Waals surface area contributed by atoms with Gasteiger partial charge < -0.3 is 10.4 Å². The van der Waals surface area contributed by atoms with E-state index in [4.69, 9.17) is 0 Å². The molecule has 2 rings (SSSR count). The van der Waals surface area contributed by atoms with Gasteiger partial charge in [-0.3, -0.25) is 4.79 Å². The van der Waals surface area contributed by atoms with Crippen LogP contribution in [0.2, 0.25) is 0 Å². The Morgan fingerprint density at radius 3 is 2.95 bits per heavy atom. The minimum absolute atomic E-state index is 0.0923. The predicted octanol–water partition coefficient (Wildman–Crippen LogP) is 2.98. The number of nitrogens with zero attached hydrogens (tertiary/aromatic N) is 1. The lowest BCUT2D eigenvalue weighted by molar-refractivity contribution is 0.0951. The van der Waals surface area contributed by atoms with Crippen molar-refractivity contribution >= 4 is 17.2 Å². The molecule has 0 radical (unpaired) electrons. The molecule has 0 aliphatic heterocycles. The van der Waals surface area contributed by atoms with Gasteiger partial charge in [-0.2, -0.15) is 0 Å². The van der Waals surface area contributed by atoms with E-state index in [1.165, 1.54) is 12.1 Å². The largest absolute Gasteiger partial charge is 0.508 e. The summed E-state index contributed by atoms with van der Waals surface area (Å²) in [6.45, 7) is 4.78. The molecule has 1 aromatic carbocycles. The van der Waals surface area contributed by atoms with Crippen molar-refractivity contribution in [2.24, 2.45) is 5.92 Å². The van der Waals surface area contributed by atoms with Crippen LogP contribution in [0.1, 0.15) is 34.1 Å². The summed E-state index contributed by atoms with van der Waals surface area (Å²) in [6.07, 6.45) is 2.77. The second-order valence-corrected chi connectivity index (χ2v) is 6.25. The Bertz CT molecular complexity index is 593. The van der Waals surface area contributed by atoms with Gasteiger partial charge in [0.1, 0.15) is 5.75 Å². The maximum absolute atomic E-state index is 11.9. The van der Waals surface area contributed by atoms with Gasteiger partial charge in [0.25, 0.3) is 5.91 Å². The van der Waals surface area contributed by atoms with Crippen LogP contribution in [0.5, 0.6) is 5.75 Å². The van der Waals surface area contributed by atoms with Crippen LogP contribution in [-0.4, -0.2) is 16.0 Å². The van der Waals surface area contributed by atoms with Crippen LogP contribution in [0.25, 0.3) is 0 Å². The third kappa shape index (κ3) is 4.06. The zero-order valence-corrected chi connectivity index (χ0v) is 12.4. The predicted molar refractivity (Wildman–Crippen MR) is 79.9 cm³/mol. The first-order valence-electron chi connectivity index (χ1n) is 6.55. The summed E-state index contributed by atoms with van der Waals surface area (Å²) in [6, 6.07) is 6.31. The first-order chi connectivity index (χ1) is 9.54. The van der Waals surface area contributed by atoms with Gasteiger partial charge in [0, 0.05) is 23.1 Å². The molecule has 2 N–H and O–H groups in total. The molecule has 2 aromatic rings. The van der Waals surface area contributed by atoms with Gasteiger partial charge in [0.15, 0.2) is 0 Å². The highest BCUT2D eigenvalue weighted by Gasteiger charge is 2.08. The van der Waals surface area contributed by atoms with Crippen LogP contribution in [0.3, 0.4) is 0 Å². The van der Waals surface area contributed by atoms with Gasteiger partial charge >= 0.3 is 0 Å². The summed E-state index contributed by atoms with van der Waals surface area (Å²) in [4.78, 5) is 17.3. The van der Waals surface area contributed by atoms with Crippen LogP contribution < -0.4 is 5.32 Å². The number of thiazole rings is 1. The summed E-state index contributed by atoms with van der Waals surface area (Å²) < 4.78 is 0. The maximum Gasteiger partial charge on any atom is 0.251 e. The number of benzene rings is 1. The number of aromatic hydroxyl groups is 1. The van der Waals surface area contributed by atoms with E-state index in [2.05, 4.69) is 24.1 Å². The summed E-state index contributed by atoms with van der Waals surface area (Å²) in [5.41, 5.74) is 0.455.